The van der Waals surface area contributed by atoms with Crippen molar-refractivity contribution in [2.45, 2.75) is 64.3 Å². The van der Waals surface area contributed by atoms with Crippen LogP contribution in [0.5, 0.6) is 5.75 Å². The van der Waals surface area contributed by atoms with E-state index in [2.05, 4.69) is 32.2 Å². The van der Waals surface area contributed by atoms with Crippen molar-refractivity contribution < 1.29 is 14.3 Å². The van der Waals surface area contributed by atoms with Gasteiger partial charge in [-0.3, -0.25) is 9.59 Å². The van der Waals surface area contributed by atoms with Crippen LogP contribution in [0.3, 0.4) is 0 Å². The third kappa shape index (κ3) is 6.13. The summed E-state index contributed by atoms with van der Waals surface area (Å²) in [6.07, 6.45) is 1.47. The van der Waals surface area contributed by atoms with E-state index in [4.69, 9.17) is 16.3 Å². The Labute approximate surface area is 167 Å². The second-order valence-corrected chi connectivity index (χ2v) is 8.98. The summed E-state index contributed by atoms with van der Waals surface area (Å²) in [5.41, 5.74) is 2.21. The topological polar surface area (TPSA) is 58.6 Å². The molecule has 150 valence electrons. The Kier molecular flexibility index (Phi) is 7.15. The van der Waals surface area contributed by atoms with E-state index in [0.717, 1.165) is 24.2 Å². The van der Waals surface area contributed by atoms with Gasteiger partial charge in [0.25, 0.3) is 5.91 Å². The van der Waals surface area contributed by atoms with Gasteiger partial charge in [-0.25, -0.2) is 0 Å². The maximum absolute atomic E-state index is 12.3. The van der Waals surface area contributed by atoms with E-state index in [9.17, 15) is 9.59 Å². The van der Waals surface area contributed by atoms with Crippen molar-refractivity contribution in [3.05, 3.63) is 29.3 Å². The van der Waals surface area contributed by atoms with Crippen LogP contribution in [0.25, 0.3) is 0 Å². The lowest BCUT2D eigenvalue weighted by Gasteiger charge is -2.33. The van der Waals surface area contributed by atoms with Crippen LogP contribution in [-0.4, -0.2) is 47.8 Å². The maximum Gasteiger partial charge on any atom is 0.258 e. The molecule has 6 heteroatoms. The number of likely N-dealkylation sites (tertiary alicyclic amines) is 1. The minimum absolute atomic E-state index is 0.00992. The van der Waals surface area contributed by atoms with Crippen LogP contribution < -0.4 is 10.1 Å². The van der Waals surface area contributed by atoms with Crippen molar-refractivity contribution in [2.24, 2.45) is 0 Å². The molecule has 1 aliphatic rings. The van der Waals surface area contributed by atoms with Gasteiger partial charge >= 0.3 is 0 Å². The highest BCUT2D eigenvalue weighted by Crippen LogP contribution is 2.32. The zero-order valence-corrected chi connectivity index (χ0v) is 17.7. The summed E-state index contributed by atoms with van der Waals surface area (Å²) in [7, 11) is 0. The molecule has 1 saturated heterocycles. The first-order valence-corrected chi connectivity index (χ1v) is 9.97. The fraction of sp³-hybridized carbons (Fsp3) is 0.619. The number of benzene rings is 1. The first-order valence-electron chi connectivity index (χ1n) is 9.54. The van der Waals surface area contributed by atoms with Gasteiger partial charge in [-0.2, -0.15) is 0 Å². The molecule has 0 aliphatic carbocycles. The van der Waals surface area contributed by atoms with E-state index in [0.29, 0.717) is 13.1 Å². The van der Waals surface area contributed by atoms with Gasteiger partial charge in [0.2, 0.25) is 5.91 Å². The molecule has 2 amide bonds. The van der Waals surface area contributed by atoms with Crippen LogP contribution in [0.1, 0.15) is 51.7 Å². The monoisotopic (exact) mass is 394 g/mol. The molecular weight excluding hydrogens is 364 g/mol. The lowest BCUT2D eigenvalue weighted by molar-refractivity contribution is -0.131. The average Bonchev–Trinajstić information content (AvgIpc) is 2.59. The highest BCUT2D eigenvalue weighted by molar-refractivity contribution is 6.30. The van der Waals surface area contributed by atoms with Gasteiger partial charge in [-0.1, -0.05) is 38.5 Å². The molecule has 1 heterocycles. The molecule has 0 aromatic heterocycles. The van der Waals surface area contributed by atoms with Crippen molar-refractivity contribution in [1.82, 2.24) is 10.2 Å². The smallest absolute Gasteiger partial charge is 0.258 e. The largest absolute Gasteiger partial charge is 0.483 e. The summed E-state index contributed by atoms with van der Waals surface area (Å²) in [5, 5.41) is 2.51. The Hall–Kier alpha value is -1.75. The van der Waals surface area contributed by atoms with Gasteiger partial charge < -0.3 is 15.0 Å². The van der Waals surface area contributed by atoms with E-state index in [-0.39, 0.29) is 29.9 Å². The summed E-state index contributed by atoms with van der Waals surface area (Å²) in [6.45, 7) is 11.4. The Morgan fingerprint density at radius 2 is 1.93 bits per heavy atom. The number of amides is 2. The number of rotatable bonds is 5. The van der Waals surface area contributed by atoms with Gasteiger partial charge in [0.05, 0.1) is 0 Å². The predicted octanol–water partition coefficient (Wildman–Crippen LogP) is 3.41. The average molecular weight is 395 g/mol. The Morgan fingerprint density at radius 3 is 2.48 bits per heavy atom. The Morgan fingerprint density at radius 1 is 1.30 bits per heavy atom. The lowest BCUT2D eigenvalue weighted by Crippen LogP contribution is -2.48. The number of aryl methyl sites for hydroxylation is 1. The fourth-order valence-electron chi connectivity index (χ4n) is 3.26. The quantitative estimate of drug-likeness (QED) is 0.778. The molecule has 1 aromatic rings. The zero-order chi connectivity index (χ0) is 20.2. The number of nitrogens with one attached hydrogen (secondary N) is 1. The summed E-state index contributed by atoms with van der Waals surface area (Å²) >= 11 is 5.86. The van der Waals surface area contributed by atoms with Crippen molar-refractivity contribution in [2.75, 3.05) is 19.7 Å². The molecule has 1 atom stereocenters. The number of hydrogen-bond donors (Lipinski definition) is 1. The minimum Gasteiger partial charge on any atom is -0.483 e. The molecule has 2 rings (SSSR count). The maximum atomic E-state index is 12.3. The SMILES string of the molecule is Cc1ccc(OCC(=O)NC2CCN(C(=O)C(C)Cl)CC2)c(C(C)(C)C)c1. The van der Waals surface area contributed by atoms with Crippen LogP contribution in [0.4, 0.5) is 0 Å². The molecule has 1 aliphatic heterocycles. The number of nitrogens with zero attached hydrogens (tertiary/aromatic N) is 1. The molecule has 0 radical (unpaired) electrons. The van der Waals surface area contributed by atoms with Gasteiger partial charge in [-0.15, -0.1) is 11.6 Å². The fourth-order valence-corrected chi connectivity index (χ4v) is 3.40. The number of alkyl halides is 1. The first kappa shape index (κ1) is 21.5. The van der Waals surface area contributed by atoms with E-state index < -0.39 is 5.38 Å². The number of halogens is 1. The van der Waals surface area contributed by atoms with Crippen LogP contribution in [-0.2, 0) is 15.0 Å². The number of piperidine rings is 1. The summed E-state index contributed by atoms with van der Waals surface area (Å²) in [5.74, 6) is 0.574. The Bertz CT molecular complexity index is 674. The molecule has 5 nitrogen and oxygen atoms in total. The van der Waals surface area contributed by atoms with Crippen molar-refractivity contribution in [3.63, 3.8) is 0 Å². The van der Waals surface area contributed by atoms with Crippen LogP contribution >= 0.6 is 11.6 Å². The van der Waals surface area contributed by atoms with Crippen molar-refractivity contribution in [1.29, 1.82) is 0 Å². The van der Waals surface area contributed by atoms with E-state index in [1.807, 2.05) is 19.1 Å². The Balaban J connectivity index is 1.85. The van der Waals surface area contributed by atoms with Gasteiger partial charge in [-0.05, 0) is 43.7 Å². The van der Waals surface area contributed by atoms with Gasteiger partial charge in [0.1, 0.15) is 11.1 Å². The van der Waals surface area contributed by atoms with Crippen molar-refractivity contribution in [3.8, 4) is 5.75 Å². The van der Waals surface area contributed by atoms with Crippen LogP contribution in [0.2, 0.25) is 0 Å². The van der Waals surface area contributed by atoms with Gasteiger partial charge in [0, 0.05) is 19.1 Å². The summed E-state index contributed by atoms with van der Waals surface area (Å²) < 4.78 is 5.82. The highest BCUT2D eigenvalue weighted by Gasteiger charge is 2.26. The molecule has 0 bridgehead atoms. The van der Waals surface area contributed by atoms with Crippen molar-refractivity contribution >= 4 is 23.4 Å². The normalized spacial score (nSPS) is 16.7. The number of carbonyl (C=O) groups excluding carboxylic acids is 2. The summed E-state index contributed by atoms with van der Waals surface area (Å²) in [4.78, 5) is 26.0. The first-order chi connectivity index (χ1) is 12.6. The molecule has 1 unspecified atom stereocenters. The van der Waals surface area contributed by atoms with E-state index >= 15 is 0 Å². The molecule has 0 spiro atoms. The number of hydrogen-bond acceptors (Lipinski definition) is 3. The lowest BCUT2D eigenvalue weighted by atomic mass is 9.85. The van der Waals surface area contributed by atoms with E-state index in [1.54, 1.807) is 11.8 Å². The molecule has 1 aromatic carbocycles. The van der Waals surface area contributed by atoms with Crippen LogP contribution in [0, 0.1) is 6.92 Å². The standard InChI is InChI=1S/C21H31ClN2O3/c1-14-6-7-18(17(12-14)21(3,4)5)27-13-19(25)23-16-8-10-24(11-9-16)20(26)15(2)22/h6-7,12,15-16H,8-11,13H2,1-5H3,(H,23,25). The molecular formula is C21H31ClN2O3. The minimum atomic E-state index is -0.504. The van der Waals surface area contributed by atoms with Gasteiger partial charge in [0.15, 0.2) is 6.61 Å². The third-order valence-corrected chi connectivity index (χ3v) is 5.00. The molecule has 1 N–H and O–H groups in total. The number of ether oxygens (including phenoxy) is 1. The highest BCUT2D eigenvalue weighted by atomic mass is 35.5. The zero-order valence-electron chi connectivity index (χ0n) is 17.0. The third-order valence-electron chi connectivity index (χ3n) is 4.81. The van der Waals surface area contributed by atoms with Crippen LogP contribution in [0.15, 0.2) is 18.2 Å². The molecule has 1 fully saturated rings. The predicted molar refractivity (Wildman–Crippen MR) is 108 cm³/mol. The second-order valence-electron chi connectivity index (χ2n) is 8.32. The number of carbonyl (C=O) groups is 2. The molecule has 0 saturated carbocycles. The van der Waals surface area contributed by atoms with E-state index in [1.165, 1.54) is 5.56 Å². The second kappa shape index (κ2) is 8.96. The molecule has 27 heavy (non-hydrogen) atoms. The summed E-state index contributed by atoms with van der Waals surface area (Å²) in [6, 6.07) is 6.10.